The largest absolute Gasteiger partial charge is 0.281 e. The van der Waals surface area contributed by atoms with Gasteiger partial charge in [-0.1, -0.05) is 0 Å². The Morgan fingerprint density at radius 1 is 1.50 bits per heavy atom. The lowest BCUT2D eigenvalue weighted by Gasteiger charge is -2.64. The molecule has 0 spiro atoms. The van der Waals surface area contributed by atoms with Gasteiger partial charge < -0.3 is 0 Å². The van der Waals surface area contributed by atoms with Crippen molar-refractivity contribution in [1.29, 1.82) is 5.26 Å². The highest BCUT2D eigenvalue weighted by Crippen LogP contribution is 2.73. The fraction of sp³-hybridized carbons (Fsp3) is 0.714. The van der Waals surface area contributed by atoms with Crippen molar-refractivity contribution in [3.8, 4) is 6.07 Å². The summed E-state index contributed by atoms with van der Waals surface area (Å²) in [5.74, 6) is 0. The van der Waals surface area contributed by atoms with Gasteiger partial charge in [-0.15, -0.1) is 0 Å². The molecule has 0 aromatic rings. The lowest BCUT2D eigenvalue weighted by Crippen LogP contribution is -2.63. The minimum absolute atomic E-state index is 0.148. The lowest BCUT2D eigenvalue weighted by atomic mass is 9.36. The molecule has 3 aliphatic carbocycles. The third-order valence-corrected chi connectivity index (χ3v) is 3.09. The summed E-state index contributed by atoms with van der Waals surface area (Å²) in [6.07, 6.45) is 2.12. The maximum atomic E-state index is 10.7. The minimum Gasteiger partial charge on any atom is -0.281 e. The van der Waals surface area contributed by atoms with Gasteiger partial charge in [-0.25, -0.2) is 0 Å². The third-order valence-electron chi connectivity index (χ3n) is 2.68. The second-order valence-corrected chi connectivity index (χ2v) is 3.82. The number of hydrogen-bond acceptors (Lipinski definition) is 2. The maximum absolute atomic E-state index is 10.7. The highest BCUT2D eigenvalue weighted by Gasteiger charge is 2.71. The van der Waals surface area contributed by atoms with Crippen LogP contribution in [-0.2, 0) is 4.79 Å². The predicted molar refractivity (Wildman–Crippen MR) is 35.2 cm³/mol. The first-order valence-corrected chi connectivity index (χ1v) is 3.62. The van der Waals surface area contributed by atoms with Crippen LogP contribution in [0.1, 0.15) is 19.3 Å². The Hall–Kier alpha value is -0.550. The van der Waals surface area contributed by atoms with Crippen LogP contribution >= 0.6 is 11.6 Å². The molecule has 10 heavy (non-hydrogen) atoms. The molecule has 0 aromatic heterocycles. The van der Waals surface area contributed by atoms with E-state index in [4.69, 9.17) is 16.9 Å². The van der Waals surface area contributed by atoms with Crippen LogP contribution in [0.2, 0.25) is 0 Å². The molecule has 3 rings (SSSR count). The second-order valence-electron chi connectivity index (χ2n) is 3.48. The zero-order valence-electron chi connectivity index (χ0n) is 5.35. The van der Waals surface area contributed by atoms with Crippen LogP contribution in [0.25, 0.3) is 0 Å². The molecule has 0 atom stereocenters. The number of nitrogens with zero attached hydrogens (tertiary/aromatic N) is 1. The normalized spacial score (nSPS) is 48.4. The van der Waals surface area contributed by atoms with Crippen LogP contribution in [0.4, 0.5) is 0 Å². The Kier molecular flexibility index (Phi) is 0.851. The smallest absolute Gasteiger partial charge is 0.227 e. The van der Waals surface area contributed by atoms with Crippen molar-refractivity contribution in [2.24, 2.45) is 10.8 Å². The zero-order valence-corrected chi connectivity index (χ0v) is 6.11. The van der Waals surface area contributed by atoms with E-state index in [2.05, 4.69) is 6.07 Å². The van der Waals surface area contributed by atoms with Crippen molar-refractivity contribution >= 4 is 16.8 Å². The Morgan fingerprint density at radius 3 is 2.30 bits per heavy atom. The molecule has 0 aliphatic heterocycles. The fourth-order valence-corrected chi connectivity index (χ4v) is 2.32. The summed E-state index contributed by atoms with van der Waals surface area (Å²) in [6.45, 7) is 0. The highest BCUT2D eigenvalue weighted by atomic mass is 35.5. The van der Waals surface area contributed by atoms with Crippen LogP contribution in [-0.4, -0.2) is 5.24 Å². The average Bonchev–Trinajstić information content (AvgIpc) is 1.57. The van der Waals surface area contributed by atoms with E-state index in [0.717, 1.165) is 0 Å². The molecular formula is C7H6ClNO. The summed E-state index contributed by atoms with van der Waals surface area (Å²) in [5, 5.41) is 8.33. The SMILES string of the molecule is N#CC12CC(C(=O)Cl)(C1)C2. The summed E-state index contributed by atoms with van der Waals surface area (Å²) in [5.41, 5.74) is -0.415. The fourth-order valence-electron chi connectivity index (χ4n) is 2.11. The Bertz CT molecular complexity index is 233. The van der Waals surface area contributed by atoms with E-state index in [9.17, 15) is 4.79 Å². The van der Waals surface area contributed by atoms with Crippen molar-refractivity contribution in [2.45, 2.75) is 19.3 Å². The van der Waals surface area contributed by atoms with E-state index < -0.39 is 0 Å². The minimum atomic E-state index is -0.267. The average molecular weight is 156 g/mol. The van der Waals surface area contributed by atoms with Gasteiger partial charge in [0.05, 0.1) is 11.5 Å². The summed E-state index contributed by atoms with van der Waals surface area (Å²) < 4.78 is 0. The van der Waals surface area contributed by atoms with Crippen LogP contribution < -0.4 is 0 Å². The number of carbonyl (C=O) groups excluding carboxylic acids is 1. The number of carbonyl (C=O) groups is 1. The first-order valence-electron chi connectivity index (χ1n) is 3.24. The molecule has 2 bridgehead atoms. The molecule has 0 heterocycles. The Balaban J connectivity index is 2.13. The molecule has 3 fully saturated rings. The van der Waals surface area contributed by atoms with E-state index >= 15 is 0 Å². The molecule has 0 unspecified atom stereocenters. The molecule has 0 amide bonds. The number of hydrogen-bond donors (Lipinski definition) is 0. The Morgan fingerprint density at radius 2 is 2.00 bits per heavy atom. The third kappa shape index (κ3) is 0.443. The number of nitriles is 1. The standard InChI is InChI=1S/C7H6ClNO/c8-5(10)7-1-6(2-7,3-7)4-9/h1-3H2. The molecule has 0 saturated heterocycles. The zero-order chi connectivity index (χ0) is 7.41. The molecule has 52 valence electrons. The highest BCUT2D eigenvalue weighted by molar-refractivity contribution is 6.65. The van der Waals surface area contributed by atoms with Gasteiger partial charge in [-0.05, 0) is 30.9 Å². The second kappa shape index (κ2) is 1.38. The van der Waals surface area contributed by atoms with Gasteiger partial charge >= 0.3 is 0 Å². The molecule has 0 N–H and O–H groups in total. The van der Waals surface area contributed by atoms with E-state index in [1.165, 1.54) is 0 Å². The maximum Gasteiger partial charge on any atom is 0.227 e. The van der Waals surface area contributed by atoms with E-state index in [1.54, 1.807) is 0 Å². The van der Waals surface area contributed by atoms with E-state index in [1.807, 2.05) is 0 Å². The van der Waals surface area contributed by atoms with Gasteiger partial charge in [0.15, 0.2) is 0 Å². The van der Waals surface area contributed by atoms with Crippen molar-refractivity contribution in [3.63, 3.8) is 0 Å². The number of rotatable bonds is 1. The topological polar surface area (TPSA) is 40.9 Å². The van der Waals surface area contributed by atoms with Crippen molar-refractivity contribution < 1.29 is 4.79 Å². The molecule has 0 aromatic carbocycles. The van der Waals surface area contributed by atoms with Crippen molar-refractivity contribution in [2.75, 3.05) is 0 Å². The van der Waals surface area contributed by atoms with Crippen LogP contribution in [0.3, 0.4) is 0 Å². The summed E-state index contributed by atoms with van der Waals surface area (Å²) in [7, 11) is 0. The van der Waals surface area contributed by atoms with Crippen molar-refractivity contribution in [3.05, 3.63) is 0 Å². The Labute approximate surface area is 63.8 Å². The van der Waals surface area contributed by atoms with Crippen molar-refractivity contribution in [1.82, 2.24) is 0 Å². The van der Waals surface area contributed by atoms with E-state index in [-0.39, 0.29) is 16.1 Å². The quantitative estimate of drug-likeness (QED) is 0.538. The van der Waals surface area contributed by atoms with E-state index in [0.29, 0.717) is 19.3 Å². The molecule has 3 saturated carbocycles. The van der Waals surface area contributed by atoms with Gasteiger partial charge in [0.1, 0.15) is 0 Å². The van der Waals surface area contributed by atoms with Crippen LogP contribution in [0.15, 0.2) is 0 Å². The van der Waals surface area contributed by atoms with Crippen LogP contribution in [0, 0.1) is 22.2 Å². The monoisotopic (exact) mass is 155 g/mol. The summed E-state index contributed by atoms with van der Waals surface area (Å²) in [4.78, 5) is 10.7. The van der Waals surface area contributed by atoms with Crippen LogP contribution in [0.5, 0.6) is 0 Å². The summed E-state index contributed by atoms with van der Waals surface area (Å²) in [6, 6.07) is 2.21. The van der Waals surface area contributed by atoms with Gasteiger partial charge in [-0.2, -0.15) is 5.26 Å². The first-order chi connectivity index (χ1) is 4.63. The van der Waals surface area contributed by atoms with Gasteiger partial charge in [-0.3, -0.25) is 4.79 Å². The molecular weight excluding hydrogens is 150 g/mol. The first kappa shape index (κ1) is 6.18. The molecule has 0 radical (unpaired) electrons. The van der Waals surface area contributed by atoms with Gasteiger partial charge in [0.25, 0.3) is 0 Å². The predicted octanol–water partition coefficient (Wildman–Crippen LogP) is 1.45. The molecule has 3 aliphatic rings. The summed E-state index contributed by atoms with van der Waals surface area (Å²) >= 11 is 5.33. The van der Waals surface area contributed by atoms with Gasteiger partial charge in [0.2, 0.25) is 5.24 Å². The molecule has 3 heteroatoms. The molecule has 2 nitrogen and oxygen atoms in total. The van der Waals surface area contributed by atoms with Gasteiger partial charge in [0, 0.05) is 5.41 Å². The lowest BCUT2D eigenvalue weighted by molar-refractivity contribution is -0.174. The number of halogens is 1.